The van der Waals surface area contributed by atoms with E-state index < -0.39 is 0 Å². The fourth-order valence-electron chi connectivity index (χ4n) is 2.24. The molecule has 0 bridgehead atoms. The monoisotopic (exact) mass is 273 g/mol. The maximum absolute atomic E-state index is 13.2. The van der Waals surface area contributed by atoms with E-state index in [-0.39, 0.29) is 11.9 Å². The maximum Gasteiger partial charge on any atom is 0.126 e. The third-order valence-corrected chi connectivity index (χ3v) is 3.28. The second-order valence-corrected chi connectivity index (χ2v) is 5.00. The summed E-state index contributed by atoms with van der Waals surface area (Å²) >= 11 is 0. The zero-order valence-electron chi connectivity index (χ0n) is 11.9. The van der Waals surface area contributed by atoms with Crippen LogP contribution in [0.2, 0.25) is 0 Å². The first kappa shape index (κ1) is 14.5. The Balaban J connectivity index is 2.29. The molecule has 2 rings (SSSR count). The second kappa shape index (κ2) is 6.53. The van der Waals surface area contributed by atoms with Crippen LogP contribution in [0.4, 0.5) is 4.39 Å². The highest BCUT2D eigenvalue weighted by Crippen LogP contribution is 2.28. The lowest BCUT2D eigenvalue weighted by molar-refractivity contribution is 0.196. The van der Waals surface area contributed by atoms with Gasteiger partial charge in [-0.05, 0) is 43.7 Å². The molecule has 0 saturated carbocycles. The first-order valence-electron chi connectivity index (χ1n) is 6.79. The van der Waals surface area contributed by atoms with Crippen LogP contribution in [-0.4, -0.2) is 6.54 Å². The highest BCUT2D eigenvalue weighted by atomic mass is 19.1. The van der Waals surface area contributed by atoms with Crippen molar-refractivity contribution in [3.8, 4) is 5.75 Å². The number of aryl methyl sites for hydroxylation is 2. The summed E-state index contributed by atoms with van der Waals surface area (Å²) in [7, 11) is 0. The Bertz CT molecular complexity index is 583. The average Bonchev–Trinajstić information content (AvgIpc) is 2.41. The van der Waals surface area contributed by atoms with E-state index >= 15 is 0 Å². The predicted octanol–water partition coefficient (Wildman–Crippen LogP) is 3.91. The third kappa shape index (κ3) is 3.58. The molecule has 0 aliphatic heterocycles. The van der Waals surface area contributed by atoms with Crippen molar-refractivity contribution >= 4 is 0 Å². The summed E-state index contributed by atoms with van der Waals surface area (Å²) in [6.07, 6.45) is 0.544. The van der Waals surface area contributed by atoms with E-state index in [4.69, 9.17) is 10.5 Å². The van der Waals surface area contributed by atoms with E-state index in [1.54, 1.807) is 12.1 Å². The van der Waals surface area contributed by atoms with Crippen molar-refractivity contribution in [3.05, 3.63) is 65.0 Å². The van der Waals surface area contributed by atoms with Crippen LogP contribution in [0.1, 0.15) is 29.2 Å². The molecule has 106 valence electrons. The van der Waals surface area contributed by atoms with Crippen molar-refractivity contribution in [1.82, 2.24) is 0 Å². The van der Waals surface area contributed by atoms with Gasteiger partial charge in [0, 0.05) is 12.5 Å². The molecule has 0 heterocycles. The van der Waals surface area contributed by atoms with Crippen LogP contribution < -0.4 is 10.5 Å². The van der Waals surface area contributed by atoms with Gasteiger partial charge >= 0.3 is 0 Å². The molecule has 0 spiro atoms. The normalized spacial score (nSPS) is 12.2. The third-order valence-electron chi connectivity index (χ3n) is 3.28. The van der Waals surface area contributed by atoms with Gasteiger partial charge in [-0.1, -0.05) is 29.8 Å². The summed E-state index contributed by atoms with van der Waals surface area (Å²) in [5, 5.41) is 0. The van der Waals surface area contributed by atoms with Crippen LogP contribution in [0.25, 0.3) is 0 Å². The molecule has 0 radical (unpaired) electrons. The Morgan fingerprint density at radius 3 is 2.65 bits per heavy atom. The molecule has 0 aliphatic rings. The zero-order chi connectivity index (χ0) is 14.5. The molecule has 0 saturated heterocycles. The highest BCUT2D eigenvalue weighted by Gasteiger charge is 2.15. The summed E-state index contributed by atoms with van der Waals surface area (Å²) in [5.74, 6) is 0.235. The molecule has 3 heteroatoms. The summed E-state index contributed by atoms with van der Waals surface area (Å²) in [6.45, 7) is 4.62. The van der Waals surface area contributed by atoms with Crippen LogP contribution >= 0.6 is 0 Å². The van der Waals surface area contributed by atoms with Crippen LogP contribution in [0.15, 0.2) is 42.5 Å². The van der Waals surface area contributed by atoms with Gasteiger partial charge in [-0.25, -0.2) is 4.39 Å². The first-order valence-corrected chi connectivity index (χ1v) is 6.79. The largest absolute Gasteiger partial charge is 0.486 e. The second-order valence-electron chi connectivity index (χ2n) is 5.00. The van der Waals surface area contributed by atoms with Gasteiger partial charge in [0.2, 0.25) is 0 Å². The molecule has 0 aromatic heterocycles. The van der Waals surface area contributed by atoms with Crippen LogP contribution in [0.3, 0.4) is 0 Å². The molecule has 2 N–H and O–H groups in total. The van der Waals surface area contributed by atoms with Gasteiger partial charge in [0.15, 0.2) is 0 Å². The van der Waals surface area contributed by atoms with Crippen molar-refractivity contribution in [1.29, 1.82) is 0 Å². The quantitative estimate of drug-likeness (QED) is 0.896. The molecule has 0 amide bonds. The van der Waals surface area contributed by atoms with Gasteiger partial charge in [-0.3, -0.25) is 0 Å². The molecule has 1 atom stereocenters. The minimum Gasteiger partial charge on any atom is -0.486 e. The van der Waals surface area contributed by atoms with E-state index in [0.29, 0.717) is 18.7 Å². The SMILES string of the molecule is Cc1ccc(C)c(C(CCN)Oc2cccc(F)c2)c1. The van der Waals surface area contributed by atoms with E-state index in [9.17, 15) is 4.39 Å². The lowest BCUT2D eigenvalue weighted by Gasteiger charge is -2.21. The van der Waals surface area contributed by atoms with E-state index in [1.165, 1.54) is 17.7 Å². The standard InChI is InChI=1S/C17H20FNO/c1-12-6-7-13(2)16(10-12)17(8-9-19)20-15-5-3-4-14(18)11-15/h3-7,10-11,17H,8-9,19H2,1-2H3. The topological polar surface area (TPSA) is 35.2 Å². The Labute approximate surface area is 119 Å². The number of rotatable bonds is 5. The summed E-state index contributed by atoms with van der Waals surface area (Å²) < 4.78 is 19.2. The van der Waals surface area contributed by atoms with Gasteiger partial charge in [-0.2, -0.15) is 0 Å². The van der Waals surface area contributed by atoms with Crippen molar-refractivity contribution in [2.24, 2.45) is 5.73 Å². The van der Waals surface area contributed by atoms with Gasteiger partial charge < -0.3 is 10.5 Å². The molecule has 2 nitrogen and oxygen atoms in total. The Morgan fingerprint density at radius 2 is 1.95 bits per heavy atom. The lowest BCUT2D eigenvalue weighted by Crippen LogP contribution is -2.14. The number of ether oxygens (including phenoxy) is 1. The molecule has 20 heavy (non-hydrogen) atoms. The number of hydrogen-bond donors (Lipinski definition) is 1. The van der Waals surface area contributed by atoms with Crippen LogP contribution in [-0.2, 0) is 0 Å². The van der Waals surface area contributed by atoms with Crippen molar-refractivity contribution < 1.29 is 9.13 Å². The van der Waals surface area contributed by atoms with Crippen molar-refractivity contribution in [2.75, 3.05) is 6.54 Å². The molecular weight excluding hydrogens is 253 g/mol. The number of nitrogens with two attached hydrogens (primary N) is 1. The number of halogens is 1. The molecule has 0 aliphatic carbocycles. The van der Waals surface area contributed by atoms with Gasteiger partial charge in [0.25, 0.3) is 0 Å². The maximum atomic E-state index is 13.2. The first-order chi connectivity index (χ1) is 9.60. The molecule has 1 unspecified atom stereocenters. The minimum absolute atomic E-state index is 0.151. The number of benzene rings is 2. The van der Waals surface area contributed by atoms with Crippen LogP contribution in [0, 0.1) is 19.7 Å². The fraction of sp³-hybridized carbons (Fsp3) is 0.294. The van der Waals surface area contributed by atoms with E-state index in [1.807, 2.05) is 13.8 Å². The zero-order valence-corrected chi connectivity index (χ0v) is 11.9. The predicted molar refractivity (Wildman–Crippen MR) is 79.4 cm³/mol. The van der Waals surface area contributed by atoms with Crippen molar-refractivity contribution in [2.45, 2.75) is 26.4 Å². The molecule has 0 fully saturated rings. The average molecular weight is 273 g/mol. The Morgan fingerprint density at radius 1 is 1.15 bits per heavy atom. The highest BCUT2D eigenvalue weighted by molar-refractivity contribution is 5.33. The summed E-state index contributed by atoms with van der Waals surface area (Å²) in [4.78, 5) is 0. The van der Waals surface area contributed by atoms with Gasteiger partial charge in [0.05, 0.1) is 0 Å². The summed E-state index contributed by atoms with van der Waals surface area (Å²) in [6, 6.07) is 12.5. The van der Waals surface area contributed by atoms with E-state index in [2.05, 4.69) is 18.2 Å². The molecule has 2 aromatic carbocycles. The fourth-order valence-corrected chi connectivity index (χ4v) is 2.24. The number of hydrogen-bond acceptors (Lipinski definition) is 2. The summed E-state index contributed by atoms with van der Waals surface area (Å²) in [5.41, 5.74) is 9.13. The molecule has 2 aromatic rings. The van der Waals surface area contributed by atoms with E-state index in [0.717, 1.165) is 11.1 Å². The lowest BCUT2D eigenvalue weighted by atomic mass is 9.98. The Hall–Kier alpha value is -1.87. The Kier molecular flexibility index (Phi) is 4.74. The van der Waals surface area contributed by atoms with Gasteiger partial charge in [0.1, 0.15) is 17.7 Å². The van der Waals surface area contributed by atoms with Gasteiger partial charge in [-0.15, -0.1) is 0 Å². The van der Waals surface area contributed by atoms with Crippen LogP contribution in [0.5, 0.6) is 5.75 Å². The van der Waals surface area contributed by atoms with Crippen molar-refractivity contribution in [3.63, 3.8) is 0 Å². The smallest absolute Gasteiger partial charge is 0.126 e. The minimum atomic E-state index is -0.296. The molecular formula is C17H20FNO.